The standard InChI is InChI=1S/C15H25N3O2S/c1-16-8-13-7-14(10-18(13)2)21(19,20)17-9-15(11-3-4-11)12-5-6-12/h7,10-12,15-17H,3-6,8-9H2,1-2H3. The predicted octanol–water partition coefficient (Wildman–Crippen LogP) is 1.46. The fourth-order valence-corrected chi connectivity index (χ4v) is 4.30. The Morgan fingerprint density at radius 3 is 2.43 bits per heavy atom. The summed E-state index contributed by atoms with van der Waals surface area (Å²) < 4.78 is 29.6. The van der Waals surface area contributed by atoms with E-state index in [1.54, 1.807) is 12.3 Å². The lowest BCUT2D eigenvalue weighted by molar-refractivity contribution is 0.401. The van der Waals surface area contributed by atoms with Gasteiger partial charge in [0.2, 0.25) is 10.0 Å². The molecule has 0 aliphatic heterocycles. The molecule has 3 rings (SSSR count). The molecule has 6 heteroatoms. The third kappa shape index (κ3) is 3.49. The molecule has 0 atom stereocenters. The van der Waals surface area contributed by atoms with Crippen LogP contribution in [0, 0.1) is 17.8 Å². The van der Waals surface area contributed by atoms with E-state index in [1.165, 1.54) is 25.7 Å². The van der Waals surface area contributed by atoms with Gasteiger partial charge in [-0.05, 0) is 56.6 Å². The Kier molecular flexibility index (Phi) is 4.12. The summed E-state index contributed by atoms with van der Waals surface area (Å²) in [5.74, 6) is 2.08. The largest absolute Gasteiger partial charge is 0.352 e. The number of rotatable bonds is 8. The maximum atomic E-state index is 12.4. The van der Waals surface area contributed by atoms with Gasteiger partial charge in [0.05, 0.1) is 4.90 Å². The third-order valence-electron chi connectivity index (χ3n) is 4.72. The first-order valence-corrected chi connectivity index (χ1v) is 9.29. The molecule has 0 amide bonds. The molecule has 0 unspecified atom stereocenters. The average Bonchev–Trinajstić information content (AvgIpc) is 3.32. The van der Waals surface area contributed by atoms with E-state index in [0.29, 0.717) is 23.9 Å². The topological polar surface area (TPSA) is 63.1 Å². The van der Waals surface area contributed by atoms with Gasteiger partial charge < -0.3 is 9.88 Å². The smallest absolute Gasteiger partial charge is 0.242 e. The summed E-state index contributed by atoms with van der Waals surface area (Å²) in [6.07, 6.45) is 6.81. The zero-order valence-electron chi connectivity index (χ0n) is 12.8. The predicted molar refractivity (Wildman–Crippen MR) is 82.3 cm³/mol. The van der Waals surface area contributed by atoms with Crippen molar-refractivity contribution in [3.8, 4) is 0 Å². The first-order valence-electron chi connectivity index (χ1n) is 7.81. The highest BCUT2D eigenvalue weighted by Crippen LogP contribution is 2.48. The molecule has 1 aromatic rings. The Bertz CT molecular complexity index is 588. The van der Waals surface area contributed by atoms with Crippen molar-refractivity contribution in [2.45, 2.75) is 37.1 Å². The van der Waals surface area contributed by atoms with E-state index < -0.39 is 10.0 Å². The van der Waals surface area contributed by atoms with Gasteiger partial charge in [0, 0.05) is 32.0 Å². The van der Waals surface area contributed by atoms with Crippen molar-refractivity contribution in [1.29, 1.82) is 0 Å². The summed E-state index contributed by atoms with van der Waals surface area (Å²) in [4.78, 5) is 0.376. The molecule has 1 aromatic heterocycles. The number of hydrogen-bond donors (Lipinski definition) is 2. The molecule has 2 N–H and O–H groups in total. The second-order valence-corrected chi connectivity index (χ2v) is 8.27. The minimum Gasteiger partial charge on any atom is -0.352 e. The molecule has 5 nitrogen and oxygen atoms in total. The van der Waals surface area contributed by atoms with Crippen LogP contribution < -0.4 is 10.0 Å². The summed E-state index contributed by atoms with van der Waals surface area (Å²) in [6.45, 7) is 1.27. The van der Waals surface area contributed by atoms with Crippen molar-refractivity contribution in [2.75, 3.05) is 13.6 Å². The van der Waals surface area contributed by atoms with Crippen LogP contribution in [0.5, 0.6) is 0 Å². The molecule has 2 fully saturated rings. The van der Waals surface area contributed by atoms with Gasteiger partial charge in [-0.25, -0.2) is 13.1 Å². The van der Waals surface area contributed by atoms with Crippen LogP contribution in [0.25, 0.3) is 0 Å². The number of nitrogens with one attached hydrogen (secondary N) is 2. The normalized spacial score (nSPS) is 19.4. The zero-order chi connectivity index (χ0) is 15.0. The Morgan fingerprint density at radius 1 is 1.29 bits per heavy atom. The van der Waals surface area contributed by atoms with Gasteiger partial charge in [-0.2, -0.15) is 0 Å². The molecule has 0 aromatic carbocycles. The molecule has 2 aliphatic rings. The maximum absolute atomic E-state index is 12.4. The van der Waals surface area contributed by atoms with E-state index in [0.717, 1.165) is 17.5 Å². The highest BCUT2D eigenvalue weighted by Gasteiger charge is 2.41. The van der Waals surface area contributed by atoms with Crippen molar-refractivity contribution >= 4 is 10.0 Å². The molecule has 118 valence electrons. The molecule has 21 heavy (non-hydrogen) atoms. The number of aryl methyl sites for hydroxylation is 1. The number of hydrogen-bond acceptors (Lipinski definition) is 3. The van der Waals surface area contributed by atoms with Gasteiger partial charge in [0.15, 0.2) is 0 Å². The lowest BCUT2D eigenvalue weighted by atomic mass is 9.99. The first kappa shape index (κ1) is 15.1. The fraction of sp³-hybridized carbons (Fsp3) is 0.733. The minimum absolute atomic E-state index is 0.376. The van der Waals surface area contributed by atoms with Crippen LogP contribution in [-0.4, -0.2) is 26.6 Å². The second-order valence-electron chi connectivity index (χ2n) is 6.50. The number of nitrogens with zero attached hydrogens (tertiary/aromatic N) is 1. The van der Waals surface area contributed by atoms with Crippen LogP contribution in [0.1, 0.15) is 31.4 Å². The van der Waals surface area contributed by atoms with Crippen LogP contribution >= 0.6 is 0 Å². The summed E-state index contributed by atoms with van der Waals surface area (Å²) in [7, 11) is 0.349. The van der Waals surface area contributed by atoms with Gasteiger partial charge in [0.1, 0.15) is 0 Å². The number of sulfonamides is 1. The molecule has 0 bridgehead atoms. The molecule has 0 spiro atoms. The summed E-state index contributed by atoms with van der Waals surface area (Å²) in [5.41, 5.74) is 0.971. The lowest BCUT2D eigenvalue weighted by Gasteiger charge is -2.15. The number of aromatic nitrogens is 1. The van der Waals surface area contributed by atoms with Crippen LogP contribution in [0.4, 0.5) is 0 Å². The Labute approximate surface area is 127 Å². The Hall–Kier alpha value is -0.850. The van der Waals surface area contributed by atoms with E-state index in [1.807, 2.05) is 18.7 Å². The lowest BCUT2D eigenvalue weighted by Crippen LogP contribution is -2.31. The van der Waals surface area contributed by atoms with Gasteiger partial charge in [-0.3, -0.25) is 0 Å². The summed E-state index contributed by atoms with van der Waals surface area (Å²) in [6, 6.07) is 1.75. The van der Waals surface area contributed by atoms with Gasteiger partial charge in [-0.15, -0.1) is 0 Å². The first-order chi connectivity index (χ1) is 10.0. The van der Waals surface area contributed by atoms with E-state index in [9.17, 15) is 8.42 Å². The van der Waals surface area contributed by atoms with Crippen LogP contribution in [0.15, 0.2) is 17.2 Å². The highest BCUT2D eigenvalue weighted by atomic mass is 32.2. The van der Waals surface area contributed by atoms with E-state index >= 15 is 0 Å². The second kappa shape index (κ2) is 5.74. The molecule has 1 heterocycles. The molecule has 2 saturated carbocycles. The zero-order valence-corrected chi connectivity index (χ0v) is 13.6. The fourth-order valence-electron chi connectivity index (χ4n) is 3.14. The van der Waals surface area contributed by atoms with Crippen molar-refractivity contribution in [3.63, 3.8) is 0 Å². The molecule has 2 aliphatic carbocycles. The monoisotopic (exact) mass is 311 g/mol. The van der Waals surface area contributed by atoms with E-state index in [4.69, 9.17) is 0 Å². The minimum atomic E-state index is -3.39. The summed E-state index contributed by atoms with van der Waals surface area (Å²) in [5, 5.41) is 3.05. The van der Waals surface area contributed by atoms with Gasteiger partial charge >= 0.3 is 0 Å². The molecule has 0 saturated heterocycles. The SMILES string of the molecule is CNCc1cc(S(=O)(=O)NCC(C2CC2)C2CC2)cn1C. The van der Waals surface area contributed by atoms with Crippen LogP contribution in [0.2, 0.25) is 0 Å². The van der Waals surface area contributed by atoms with Gasteiger partial charge in [-0.1, -0.05) is 0 Å². The van der Waals surface area contributed by atoms with Crippen molar-refractivity contribution in [2.24, 2.45) is 24.8 Å². The van der Waals surface area contributed by atoms with Crippen LogP contribution in [-0.2, 0) is 23.6 Å². The molecule has 0 radical (unpaired) electrons. The summed E-state index contributed by atoms with van der Waals surface area (Å²) >= 11 is 0. The Balaban J connectivity index is 1.66. The van der Waals surface area contributed by atoms with E-state index in [-0.39, 0.29) is 0 Å². The van der Waals surface area contributed by atoms with Gasteiger partial charge in [0.25, 0.3) is 0 Å². The van der Waals surface area contributed by atoms with Crippen molar-refractivity contribution in [1.82, 2.24) is 14.6 Å². The third-order valence-corrected chi connectivity index (χ3v) is 6.11. The van der Waals surface area contributed by atoms with Crippen molar-refractivity contribution < 1.29 is 8.42 Å². The maximum Gasteiger partial charge on any atom is 0.242 e. The average molecular weight is 311 g/mol. The van der Waals surface area contributed by atoms with E-state index in [2.05, 4.69) is 10.0 Å². The molecular weight excluding hydrogens is 286 g/mol. The highest BCUT2D eigenvalue weighted by molar-refractivity contribution is 7.89. The van der Waals surface area contributed by atoms with Crippen LogP contribution in [0.3, 0.4) is 0 Å². The Morgan fingerprint density at radius 2 is 1.90 bits per heavy atom. The van der Waals surface area contributed by atoms with Crippen molar-refractivity contribution in [3.05, 3.63) is 18.0 Å². The molecular formula is C15H25N3O2S. The quantitative estimate of drug-likeness (QED) is 0.764.